The molecule has 2 nitrogen and oxygen atoms in total. The molecule has 2 heteroatoms. The molecule has 0 fully saturated rings. The van der Waals surface area contributed by atoms with Crippen LogP contribution in [-0.4, -0.2) is 0 Å². The summed E-state index contributed by atoms with van der Waals surface area (Å²) in [5, 5.41) is 1.22. The number of hydrogen-bond acceptors (Lipinski definition) is 2. The number of fused-ring (bicyclic) bond motifs is 6. The third-order valence-electron chi connectivity index (χ3n) is 14.3. The van der Waals surface area contributed by atoms with Crippen molar-refractivity contribution in [1.82, 2.24) is 0 Å². The lowest BCUT2D eigenvalue weighted by Crippen LogP contribution is -2.34. The first-order chi connectivity index (χ1) is 33.5. The van der Waals surface area contributed by atoms with Gasteiger partial charge < -0.3 is 9.32 Å². The monoisotopic (exact) mass is 883 g/mol. The first-order valence-electron chi connectivity index (χ1n) is 24.8. The summed E-state index contributed by atoms with van der Waals surface area (Å²) in [5.41, 5.74) is 20.5. The van der Waals surface area contributed by atoms with Gasteiger partial charge >= 0.3 is 0 Å². The Morgan fingerprint density at radius 3 is 2.24 bits per heavy atom. The van der Waals surface area contributed by atoms with Crippen molar-refractivity contribution < 1.29 is 4.42 Å². The molecule has 336 valence electrons. The highest BCUT2D eigenvalue weighted by molar-refractivity contribution is 5.92. The summed E-state index contributed by atoms with van der Waals surface area (Å²) < 4.78 is 6.56. The van der Waals surface area contributed by atoms with Gasteiger partial charge in [0.2, 0.25) is 0 Å². The molecule has 0 bridgehead atoms. The van der Waals surface area contributed by atoms with Crippen LogP contribution < -0.4 is 4.90 Å². The van der Waals surface area contributed by atoms with E-state index in [4.69, 9.17) is 4.42 Å². The van der Waals surface area contributed by atoms with E-state index in [1.54, 1.807) is 0 Å². The molecule has 2 atom stereocenters. The summed E-state index contributed by atoms with van der Waals surface area (Å²) >= 11 is 0. The normalized spacial score (nSPS) is 18.5. The smallest absolute Gasteiger partial charge is 0.138 e. The molecule has 4 aliphatic carbocycles. The Balaban J connectivity index is 0.00000266. The molecule has 6 aromatic carbocycles. The van der Waals surface area contributed by atoms with Gasteiger partial charge in [-0.25, -0.2) is 0 Å². The minimum atomic E-state index is -0.371. The molecular formula is C66H61NO. The number of allylic oxidation sites excluding steroid dienone is 14. The van der Waals surface area contributed by atoms with Crippen molar-refractivity contribution in [2.45, 2.75) is 71.6 Å². The van der Waals surface area contributed by atoms with E-state index < -0.39 is 0 Å². The maximum Gasteiger partial charge on any atom is 0.138 e. The summed E-state index contributed by atoms with van der Waals surface area (Å²) in [4.78, 5) is 2.44. The molecule has 11 rings (SSSR count). The van der Waals surface area contributed by atoms with Crippen LogP contribution in [0.25, 0.3) is 38.8 Å². The Bertz CT molecular complexity index is 3230. The van der Waals surface area contributed by atoms with Gasteiger partial charge in [0.05, 0.1) is 5.41 Å². The van der Waals surface area contributed by atoms with Crippen molar-refractivity contribution in [3.05, 3.63) is 263 Å². The van der Waals surface area contributed by atoms with Crippen molar-refractivity contribution >= 4 is 44.8 Å². The third kappa shape index (κ3) is 7.82. The van der Waals surface area contributed by atoms with Gasteiger partial charge in [0.15, 0.2) is 0 Å². The highest BCUT2D eigenvalue weighted by Gasteiger charge is 2.48. The summed E-state index contributed by atoms with van der Waals surface area (Å²) in [5.74, 6) is 1.18. The van der Waals surface area contributed by atoms with Crippen LogP contribution in [0.3, 0.4) is 0 Å². The van der Waals surface area contributed by atoms with Crippen LogP contribution in [-0.2, 0) is 18.3 Å². The van der Waals surface area contributed by atoms with Crippen molar-refractivity contribution in [1.29, 1.82) is 0 Å². The van der Waals surface area contributed by atoms with E-state index in [-0.39, 0.29) is 11.3 Å². The van der Waals surface area contributed by atoms with Crippen molar-refractivity contribution in [3.63, 3.8) is 0 Å². The number of nitrogens with zero attached hydrogens (tertiary/aromatic N) is 1. The number of benzene rings is 6. The maximum atomic E-state index is 6.56. The molecular weight excluding hydrogens is 823 g/mol. The third-order valence-corrected chi connectivity index (χ3v) is 14.3. The second-order valence-corrected chi connectivity index (χ2v) is 18.1. The van der Waals surface area contributed by atoms with Gasteiger partial charge in [-0.05, 0) is 148 Å². The van der Waals surface area contributed by atoms with Crippen molar-refractivity contribution in [2.24, 2.45) is 5.92 Å². The van der Waals surface area contributed by atoms with Crippen molar-refractivity contribution in [3.8, 4) is 11.1 Å². The average Bonchev–Trinajstić information content (AvgIpc) is 3.92. The number of hydrogen-bond donors (Lipinski definition) is 0. The summed E-state index contributed by atoms with van der Waals surface area (Å²) in [6, 6.07) is 52.0. The summed E-state index contributed by atoms with van der Waals surface area (Å²) in [6.45, 7) is 13.0. The SMILES string of the molecule is C=C1/C=C\C=C/Cc2c1cccc2-c1ccc(N(c2ccc(C3=CCCc4c3oc3ccccc43)cc2)c2cccc(C3(C(C)/C=C\C=C/CC)C4=C(CCC=C4)c4ccccc43)c2)cc1.CC. The predicted molar refractivity (Wildman–Crippen MR) is 291 cm³/mol. The molecule has 68 heavy (non-hydrogen) atoms. The second-order valence-electron chi connectivity index (χ2n) is 18.1. The van der Waals surface area contributed by atoms with Gasteiger partial charge in [0.1, 0.15) is 11.3 Å². The maximum absolute atomic E-state index is 6.56. The van der Waals surface area contributed by atoms with E-state index in [9.17, 15) is 0 Å². The van der Waals surface area contributed by atoms with Crippen LogP contribution >= 0.6 is 0 Å². The Kier molecular flexibility index (Phi) is 12.7. The van der Waals surface area contributed by atoms with Crippen LogP contribution in [0, 0.1) is 5.92 Å². The van der Waals surface area contributed by atoms with Gasteiger partial charge in [0, 0.05) is 33.6 Å². The zero-order valence-corrected chi connectivity index (χ0v) is 40.0. The molecule has 1 aromatic heterocycles. The number of para-hydroxylation sites is 1. The Morgan fingerprint density at radius 1 is 0.676 bits per heavy atom. The lowest BCUT2D eigenvalue weighted by atomic mass is 9.63. The minimum absolute atomic E-state index is 0.177. The first kappa shape index (κ1) is 44.4. The number of anilines is 3. The van der Waals surface area contributed by atoms with E-state index in [0.717, 1.165) is 78.1 Å². The van der Waals surface area contributed by atoms with Gasteiger partial charge in [-0.15, -0.1) is 0 Å². The van der Waals surface area contributed by atoms with Crippen LogP contribution in [0.2, 0.25) is 0 Å². The van der Waals surface area contributed by atoms with Gasteiger partial charge in [-0.3, -0.25) is 0 Å². The van der Waals surface area contributed by atoms with Gasteiger partial charge in [-0.1, -0.05) is 198 Å². The van der Waals surface area contributed by atoms with E-state index in [2.05, 4.69) is 232 Å². The number of rotatable bonds is 10. The zero-order valence-electron chi connectivity index (χ0n) is 40.0. The lowest BCUT2D eigenvalue weighted by molar-refractivity contribution is 0.488. The predicted octanol–water partition coefficient (Wildman–Crippen LogP) is 18.2. The molecule has 1 heterocycles. The van der Waals surface area contributed by atoms with Crippen LogP contribution in [0.1, 0.15) is 98.1 Å². The summed E-state index contributed by atoms with van der Waals surface area (Å²) in [7, 11) is 0. The second kappa shape index (κ2) is 19.4. The molecule has 4 aliphatic rings. The van der Waals surface area contributed by atoms with Crippen LogP contribution in [0.15, 0.2) is 223 Å². The standard InChI is InChI=1S/C64H55NO.C2H6/c1-4-5-6-9-21-45(3)64(60-32-14-11-25-56(60)57-26-12-15-33-61(57)64)48-22-17-23-51(43-48)65(49-39-35-46(36-40-49)53-29-18-28-52-44(2)20-8-7-10-24-55(52)53)50-41-37-47(38-42-50)54-30-19-31-59-58-27-13-16-34-62(58)66-63(54)59;1-2/h5-11,13-18,20-23,25,27-30,32-43,45H,2,4,12,19,24,26,31H2,1,3H3;1-2H3/b6-5-,10-7-,20-8-,21-9-;. The molecule has 0 radical (unpaired) electrons. The highest BCUT2D eigenvalue weighted by Crippen LogP contribution is 2.58. The van der Waals surface area contributed by atoms with E-state index >= 15 is 0 Å². The molecule has 0 saturated carbocycles. The average molecular weight is 884 g/mol. The van der Waals surface area contributed by atoms with E-state index in [0.29, 0.717) is 0 Å². The van der Waals surface area contributed by atoms with Crippen molar-refractivity contribution in [2.75, 3.05) is 4.90 Å². The van der Waals surface area contributed by atoms with E-state index in [1.165, 1.54) is 66.6 Å². The molecule has 2 unspecified atom stereocenters. The Hall–Kier alpha value is -7.42. The van der Waals surface area contributed by atoms with Crippen LogP contribution in [0.5, 0.6) is 0 Å². The molecule has 0 spiro atoms. The first-order valence-corrected chi connectivity index (χ1v) is 24.8. The fraction of sp³-hybridized carbons (Fsp3) is 0.182. The molecule has 0 aliphatic heterocycles. The lowest BCUT2D eigenvalue weighted by Gasteiger charge is -2.39. The Labute approximate surface area is 404 Å². The Morgan fingerprint density at radius 2 is 1.41 bits per heavy atom. The molecule has 0 saturated heterocycles. The van der Waals surface area contributed by atoms with E-state index in [1.807, 2.05) is 13.8 Å². The molecule has 0 N–H and O–H groups in total. The quantitative estimate of drug-likeness (QED) is 0.127. The zero-order chi connectivity index (χ0) is 46.6. The highest BCUT2D eigenvalue weighted by atomic mass is 16.3. The topological polar surface area (TPSA) is 16.4 Å². The number of aryl methyl sites for hydroxylation is 1. The van der Waals surface area contributed by atoms with Crippen LogP contribution in [0.4, 0.5) is 17.1 Å². The molecule has 7 aromatic rings. The fourth-order valence-corrected chi connectivity index (χ4v) is 11.3. The van der Waals surface area contributed by atoms with Gasteiger partial charge in [-0.2, -0.15) is 0 Å². The fourth-order valence-electron chi connectivity index (χ4n) is 11.3. The molecule has 0 amide bonds. The number of furan rings is 1. The minimum Gasteiger partial charge on any atom is -0.456 e. The summed E-state index contributed by atoms with van der Waals surface area (Å²) in [6.07, 6.45) is 30.8. The van der Waals surface area contributed by atoms with Gasteiger partial charge in [0.25, 0.3) is 0 Å². The largest absolute Gasteiger partial charge is 0.456 e.